The molecule has 90 valence electrons. The smallest absolute Gasteiger partial charge is 0.274 e. The number of aromatic nitrogens is 3. The van der Waals surface area contributed by atoms with E-state index in [-0.39, 0.29) is 16.9 Å². The molecule has 3 N–H and O–H groups in total. The zero-order valence-electron chi connectivity index (χ0n) is 10.0. The van der Waals surface area contributed by atoms with Crippen LogP contribution in [0.1, 0.15) is 33.4 Å². The van der Waals surface area contributed by atoms with E-state index in [2.05, 4.69) is 20.5 Å². The Kier molecular flexibility index (Phi) is 3.64. The van der Waals surface area contributed by atoms with Crippen LogP contribution >= 0.6 is 0 Å². The van der Waals surface area contributed by atoms with E-state index in [1.807, 2.05) is 20.8 Å². The van der Waals surface area contributed by atoms with E-state index in [0.29, 0.717) is 12.2 Å². The van der Waals surface area contributed by atoms with Gasteiger partial charge in [-0.05, 0) is 6.92 Å². The monoisotopic (exact) mass is 226 g/mol. The molecule has 0 spiro atoms. The largest absolute Gasteiger partial charge is 0.392 e. The summed E-state index contributed by atoms with van der Waals surface area (Å²) in [5.41, 5.74) is -0.186. The minimum atomic E-state index is -0.507. The van der Waals surface area contributed by atoms with E-state index < -0.39 is 6.10 Å². The summed E-state index contributed by atoms with van der Waals surface area (Å²) in [5.74, 6) is 0.277. The maximum Gasteiger partial charge on any atom is 0.274 e. The maximum atomic E-state index is 11.7. The maximum absolute atomic E-state index is 11.7. The van der Waals surface area contributed by atoms with E-state index in [1.165, 1.54) is 0 Å². The van der Waals surface area contributed by atoms with Crippen LogP contribution < -0.4 is 10.9 Å². The highest BCUT2D eigenvalue weighted by atomic mass is 16.3. The average Bonchev–Trinajstić information content (AvgIpc) is 2.12. The van der Waals surface area contributed by atoms with Crippen molar-refractivity contribution in [3.63, 3.8) is 0 Å². The van der Waals surface area contributed by atoms with E-state index in [0.717, 1.165) is 0 Å². The molecule has 1 atom stereocenters. The van der Waals surface area contributed by atoms with Crippen molar-refractivity contribution in [3.05, 3.63) is 16.0 Å². The van der Waals surface area contributed by atoms with Crippen LogP contribution in [-0.2, 0) is 5.41 Å². The molecule has 0 fully saturated rings. The highest BCUT2D eigenvalue weighted by Gasteiger charge is 2.20. The van der Waals surface area contributed by atoms with Crippen molar-refractivity contribution in [2.45, 2.75) is 39.2 Å². The summed E-state index contributed by atoms with van der Waals surface area (Å²) >= 11 is 0. The lowest BCUT2D eigenvalue weighted by Gasteiger charge is -2.15. The van der Waals surface area contributed by atoms with Gasteiger partial charge in [0.2, 0.25) is 5.95 Å². The van der Waals surface area contributed by atoms with Crippen molar-refractivity contribution < 1.29 is 5.11 Å². The fourth-order valence-corrected chi connectivity index (χ4v) is 1.15. The molecule has 0 aliphatic heterocycles. The molecule has 0 radical (unpaired) electrons. The molecular weight excluding hydrogens is 208 g/mol. The topological polar surface area (TPSA) is 90.9 Å². The van der Waals surface area contributed by atoms with E-state index in [4.69, 9.17) is 5.11 Å². The Morgan fingerprint density at radius 3 is 2.50 bits per heavy atom. The van der Waals surface area contributed by atoms with E-state index >= 15 is 0 Å². The molecule has 0 bridgehead atoms. The highest BCUT2D eigenvalue weighted by Crippen LogP contribution is 2.15. The standard InChI is InChI=1S/C10H18N4O2/c1-6(15)5-11-9-12-8(16)7(13-14-9)10(2,3)4/h6,15H,5H2,1-4H3,(H2,11,12,14,16). The van der Waals surface area contributed by atoms with Gasteiger partial charge >= 0.3 is 0 Å². The Morgan fingerprint density at radius 1 is 1.44 bits per heavy atom. The van der Waals surface area contributed by atoms with Gasteiger partial charge in [0.25, 0.3) is 5.56 Å². The molecule has 1 rings (SSSR count). The molecule has 0 saturated heterocycles. The zero-order chi connectivity index (χ0) is 12.3. The fourth-order valence-electron chi connectivity index (χ4n) is 1.15. The van der Waals surface area contributed by atoms with Gasteiger partial charge in [0.15, 0.2) is 0 Å². The van der Waals surface area contributed by atoms with Gasteiger partial charge < -0.3 is 10.4 Å². The molecule has 1 unspecified atom stereocenters. The van der Waals surface area contributed by atoms with Crippen LogP contribution in [0.2, 0.25) is 0 Å². The lowest BCUT2D eigenvalue weighted by atomic mass is 9.93. The third kappa shape index (κ3) is 3.30. The first-order valence-electron chi connectivity index (χ1n) is 5.20. The summed E-state index contributed by atoms with van der Waals surface area (Å²) in [4.78, 5) is 14.3. The van der Waals surface area contributed by atoms with Gasteiger partial charge in [-0.15, -0.1) is 10.2 Å². The van der Waals surface area contributed by atoms with Crippen LogP contribution in [0.15, 0.2) is 4.79 Å². The second kappa shape index (κ2) is 4.61. The van der Waals surface area contributed by atoms with Crippen molar-refractivity contribution in [1.29, 1.82) is 0 Å². The van der Waals surface area contributed by atoms with Crippen LogP contribution in [-0.4, -0.2) is 32.9 Å². The third-order valence-corrected chi connectivity index (χ3v) is 1.97. The van der Waals surface area contributed by atoms with Crippen LogP contribution in [0.3, 0.4) is 0 Å². The minimum absolute atomic E-state index is 0.254. The van der Waals surface area contributed by atoms with Crippen LogP contribution in [0.5, 0.6) is 0 Å². The van der Waals surface area contributed by atoms with Gasteiger partial charge in [0, 0.05) is 12.0 Å². The van der Waals surface area contributed by atoms with Gasteiger partial charge in [-0.25, -0.2) is 0 Å². The summed E-state index contributed by atoms with van der Waals surface area (Å²) < 4.78 is 0. The lowest BCUT2D eigenvalue weighted by Crippen LogP contribution is -2.29. The van der Waals surface area contributed by atoms with Gasteiger partial charge in [-0.3, -0.25) is 9.78 Å². The molecule has 16 heavy (non-hydrogen) atoms. The summed E-state index contributed by atoms with van der Waals surface area (Å²) in [7, 11) is 0. The molecule has 1 aromatic rings. The number of aliphatic hydroxyl groups excluding tert-OH is 1. The SMILES string of the molecule is CC(O)CNc1nnc(C(C)(C)C)c(=O)[nH]1. The van der Waals surface area contributed by atoms with Crippen molar-refractivity contribution in [2.24, 2.45) is 0 Å². The second-order valence-corrected chi connectivity index (χ2v) is 4.83. The summed E-state index contributed by atoms with van der Waals surface area (Å²) in [6.07, 6.45) is -0.507. The molecular formula is C10H18N4O2. The number of hydrogen-bond acceptors (Lipinski definition) is 5. The molecule has 6 heteroatoms. The Bertz CT molecular complexity index is 406. The van der Waals surface area contributed by atoms with E-state index in [9.17, 15) is 4.79 Å². The van der Waals surface area contributed by atoms with Crippen molar-refractivity contribution in [1.82, 2.24) is 15.2 Å². The molecule has 0 aliphatic rings. The molecule has 0 aliphatic carbocycles. The Labute approximate surface area is 94.1 Å². The Hall–Kier alpha value is -1.43. The first-order chi connectivity index (χ1) is 7.30. The molecule has 0 amide bonds. The predicted octanol–water partition coefficient (Wildman–Crippen LogP) is 0.255. The first-order valence-corrected chi connectivity index (χ1v) is 5.20. The van der Waals surface area contributed by atoms with Crippen LogP contribution in [0.4, 0.5) is 5.95 Å². The lowest BCUT2D eigenvalue weighted by molar-refractivity contribution is 0.208. The van der Waals surface area contributed by atoms with Crippen LogP contribution in [0, 0.1) is 0 Å². The van der Waals surface area contributed by atoms with Gasteiger partial charge in [0.05, 0.1) is 6.10 Å². The summed E-state index contributed by atoms with van der Waals surface area (Å²) in [5, 5.41) is 19.6. The number of hydrogen-bond donors (Lipinski definition) is 3. The number of aromatic amines is 1. The minimum Gasteiger partial charge on any atom is -0.392 e. The third-order valence-electron chi connectivity index (χ3n) is 1.97. The molecule has 0 aromatic carbocycles. The molecule has 6 nitrogen and oxygen atoms in total. The van der Waals surface area contributed by atoms with E-state index in [1.54, 1.807) is 6.92 Å². The van der Waals surface area contributed by atoms with Gasteiger partial charge in [-0.2, -0.15) is 0 Å². The molecule has 1 aromatic heterocycles. The number of nitrogens with zero attached hydrogens (tertiary/aromatic N) is 2. The number of anilines is 1. The number of H-pyrrole nitrogens is 1. The summed E-state index contributed by atoms with van der Waals surface area (Å²) in [6.45, 7) is 7.65. The zero-order valence-corrected chi connectivity index (χ0v) is 10.0. The summed E-state index contributed by atoms with van der Waals surface area (Å²) in [6, 6.07) is 0. The second-order valence-electron chi connectivity index (χ2n) is 4.83. The normalized spacial score (nSPS) is 13.6. The van der Waals surface area contributed by atoms with Gasteiger partial charge in [-0.1, -0.05) is 20.8 Å². The van der Waals surface area contributed by atoms with Crippen molar-refractivity contribution in [2.75, 3.05) is 11.9 Å². The first kappa shape index (κ1) is 12.6. The Morgan fingerprint density at radius 2 is 2.06 bits per heavy atom. The number of nitrogens with one attached hydrogen (secondary N) is 2. The number of rotatable bonds is 3. The molecule has 1 heterocycles. The Balaban J connectivity index is 2.88. The van der Waals surface area contributed by atoms with Gasteiger partial charge in [0.1, 0.15) is 5.69 Å². The quantitative estimate of drug-likeness (QED) is 0.687. The fraction of sp³-hybridized carbons (Fsp3) is 0.700. The van der Waals surface area contributed by atoms with Crippen LogP contribution in [0.25, 0.3) is 0 Å². The number of aliphatic hydroxyl groups is 1. The molecule has 0 saturated carbocycles. The van der Waals surface area contributed by atoms with Crippen molar-refractivity contribution in [3.8, 4) is 0 Å². The predicted molar refractivity (Wildman–Crippen MR) is 61.5 cm³/mol. The highest BCUT2D eigenvalue weighted by molar-refractivity contribution is 5.23. The van der Waals surface area contributed by atoms with Crippen molar-refractivity contribution >= 4 is 5.95 Å². The average molecular weight is 226 g/mol.